The van der Waals surface area contributed by atoms with Gasteiger partial charge in [0.05, 0.1) is 13.2 Å². The summed E-state index contributed by atoms with van der Waals surface area (Å²) in [5.41, 5.74) is 2.59. The Balaban J connectivity index is 1.59. The van der Waals surface area contributed by atoms with Gasteiger partial charge in [-0.25, -0.2) is 4.98 Å². The molecule has 1 aromatic carbocycles. The summed E-state index contributed by atoms with van der Waals surface area (Å²) in [4.78, 5) is 4.13. The van der Waals surface area contributed by atoms with Gasteiger partial charge in [0, 0.05) is 19.0 Å². The molecule has 0 spiro atoms. The first-order valence-electron chi connectivity index (χ1n) is 6.31. The van der Waals surface area contributed by atoms with Gasteiger partial charge in [0.2, 0.25) is 0 Å². The van der Waals surface area contributed by atoms with E-state index in [1.165, 1.54) is 11.1 Å². The number of ether oxygens (including phenoxy) is 2. The van der Waals surface area contributed by atoms with Crippen LogP contribution in [0.3, 0.4) is 0 Å². The van der Waals surface area contributed by atoms with Gasteiger partial charge in [-0.1, -0.05) is 12.1 Å². The third kappa shape index (κ3) is 2.89. The first kappa shape index (κ1) is 12.5. The highest BCUT2D eigenvalue weighted by atomic mass is 79.9. The molecule has 0 unspecified atom stereocenters. The monoisotopic (exact) mass is 319 g/mol. The zero-order valence-corrected chi connectivity index (χ0v) is 12.0. The molecule has 2 aromatic rings. The van der Waals surface area contributed by atoms with Gasteiger partial charge < -0.3 is 9.47 Å². The van der Waals surface area contributed by atoms with Crippen molar-refractivity contribution in [2.45, 2.75) is 12.8 Å². The number of aromatic nitrogens is 1. The van der Waals surface area contributed by atoms with Crippen molar-refractivity contribution in [1.82, 2.24) is 4.98 Å². The van der Waals surface area contributed by atoms with Crippen molar-refractivity contribution in [1.29, 1.82) is 0 Å². The van der Waals surface area contributed by atoms with E-state index in [0.29, 0.717) is 6.61 Å². The number of fused-ring (bicyclic) bond motifs is 1. The van der Waals surface area contributed by atoms with Crippen molar-refractivity contribution in [3.63, 3.8) is 0 Å². The maximum absolute atomic E-state index is 5.72. The third-order valence-corrected chi connectivity index (χ3v) is 3.72. The van der Waals surface area contributed by atoms with E-state index in [0.717, 1.165) is 35.6 Å². The minimum Gasteiger partial charge on any atom is -0.493 e. The molecular formula is C15H14BrNO2. The molecule has 3 rings (SSSR count). The van der Waals surface area contributed by atoms with Crippen LogP contribution in [0, 0.1) is 0 Å². The van der Waals surface area contributed by atoms with Crippen molar-refractivity contribution in [2.24, 2.45) is 0 Å². The van der Waals surface area contributed by atoms with Crippen molar-refractivity contribution in [2.75, 3.05) is 13.2 Å². The van der Waals surface area contributed by atoms with E-state index in [4.69, 9.17) is 9.47 Å². The summed E-state index contributed by atoms with van der Waals surface area (Å²) in [5, 5.41) is 0. The van der Waals surface area contributed by atoms with E-state index in [2.05, 4.69) is 39.1 Å². The van der Waals surface area contributed by atoms with Gasteiger partial charge in [-0.15, -0.1) is 0 Å². The highest BCUT2D eigenvalue weighted by Gasteiger charge is 2.11. The van der Waals surface area contributed by atoms with Gasteiger partial charge in [-0.2, -0.15) is 0 Å². The molecule has 0 radical (unpaired) electrons. The Bertz CT molecular complexity index is 586. The SMILES string of the molecule is Brc1ncccc1OCCc1ccc2c(c1)CCO2. The number of hydrogen-bond acceptors (Lipinski definition) is 3. The molecule has 0 bridgehead atoms. The van der Waals surface area contributed by atoms with Crippen LogP contribution < -0.4 is 9.47 Å². The molecule has 0 N–H and O–H groups in total. The van der Waals surface area contributed by atoms with E-state index in [9.17, 15) is 0 Å². The van der Waals surface area contributed by atoms with Gasteiger partial charge in [0.25, 0.3) is 0 Å². The fourth-order valence-electron chi connectivity index (χ4n) is 2.15. The Hall–Kier alpha value is -1.55. The standard InChI is InChI=1S/C15H14BrNO2/c16-15-14(2-1-7-17-15)19-8-5-11-3-4-13-12(10-11)6-9-18-13/h1-4,7,10H,5-6,8-9H2. The molecule has 3 nitrogen and oxygen atoms in total. The highest BCUT2D eigenvalue weighted by molar-refractivity contribution is 9.10. The molecule has 0 aliphatic carbocycles. The molecule has 0 atom stereocenters. The Morgan fingerprint density at radius 3 is 3.16 bits per heavy atom. The van der Waals surface area contributed by atoms with Crippen molar-refractivity contribution < 1.29 is 9.47 Å². The Kier molecular flexibility index (Phi) is 3.69. The second-order valence-electron chi connectivity index (χ2n) is 4.43. The summed E-state index contributed by atoms with van der Waals surface area (Å²) >= 11 is 3.37. The molecule has 0 saturated heterocycles. The average Bonchev–Trinajstić information content (AvgIpc) is 2.88. The Morgan fingerprint density at radius 1 is 1.32 bits per heavy atom. The second-order valence-corrected chi connectivity index (χ2v) is 5.18. The van der Waals surface area contributed by atoms with Gasteiger partial charge >= 0.3 is 0 Å². The Labute approximate surface area is 120 Å². The number of nitrogens with zero attached hydrogens (tertiary/aromatic N) is 1. The van der Waals surface area contributed by atoms with Gasteiger partial charge in [-0.3, -0.25) is 0 Å². The van der Waals surface area contributed by atoms with E-state index in [1.807, 2.05) is 12.1 Å². The maximum atomic E-state index is 5.72. The molecule has 0 saturated carbocycles. The molecule has 4 heteroatoms. The normalized spacial score (nSPS) is 12.9. The first-order valence-corrected chi connectivity index (χ1v) is 7.10. The Morgan fingerprint density at radius 2 is 2.26 bits per heavy atom. The number of halogens is 1. The lowest BCUT2D eigenvalue weighted by molar-refractivity contribution is 0.318. The van der Waals surface area contributed by atoms with Crippen LogP contribution in [0.5, 0.6) is 11.5 Å². The predicted molar refractivity (Wildman–Crippen MR) is 76.8 cm³/mol. The molecule has 1 aromatic heterocycles. The highest BCUT2D eigenvalue weighted by Crippen LogP contribution is 2.26. The molecule has 1 aliphatic heterocycles. The molecule has 2 heterocycles. The zero-order chi connectivity index (χ0) is 13.1. The van der Waals surface area contributed by atoms with Crippen molar-refractivity contribution in [3.05, 3.63) is 52.3 Å². The van der Waals surface area contributed by atoms with Crippen LogP contribution in [0.25, 0.3) is 0 Å². The molecule has 19 heavy (non-hydrogen) atoms. The van der Waals surface area contributed by atoms with Crippen LogP contribution in [0.1, 0.15) is 11.1 Å². The number of hydrogen-bond donors (Lipinski definition) is 0. The van der Waals surface area contributed by atoms with Crippen LogP contribution in [0.15, 0.2) is 41.1 Å². The molecule has 0 amide bonds. The second kappa shape index (κ2) is 5.61. The van der Waals surface area contributed by atoms with Crippen LogP contribution in [-0.2, 0) is 12.8 Å². The lowest BCUT2D eigenvalue weighted by Gasteiger charge is -2.08. The van der Waals surface area contributed by atoms with Gasteiger partial charge in [0.15, 0.2) is 5.75 Å². The topological polar surface area (TPSA) is 31.4 Å². The van der Waals surface area contributed by atoms with Crippen molar-refractivity contribution >= 4 is 15.9 Å². The zero-order valence-electron chi connectivity index (χ0n) is 10.4. The van der Waals surface area contributed by atoms with Crippen LogP contribution in [0.4, 0.5) is 0 Å². The number of rotatable bonds is 4. The van der Waals surface area contributed by atoms with Gasteiger partial charge in [-0.05, 0) is 45.3 Å². The van der Waals surface area contributed by atoms with E-state index in [-0.39, 0.29) is 0 Å². The maximum Gasteiger partial charge on any atom is 0.152 e. The lowest BCUT2D eigenvalue weighted by atomic mass is 10.1. The van der Waals surface area contributed by atoms with E-state index in [1.54, 1.807) is 6.20 Å². The quantitative estimate of drug-likeness (QED) is 0.809. The largest absolute Gasteiger partial charge is 0.493 e. The van der Waals surface area contributed by atoms with Crippen molar-refractivity contribution in [3.8, 4) is 11.5 Å². The number of pyridine rings is 1. The smallest absolute Gasteiger partial charge is 0.152 e. The average molecular weight is 320 g/mol. The minimum atomic E-state index is 0.643. The summed E-state index contributed by atoms with van der Waals surface area (Å²) in [6.45, 7) is 1.45. The molecule has 98 valence electrons. The van der Waals surface area contributed by atoms with Crippen LogP contribution in [0.2, 0.25) is 0 Å². The van der Waals surface area contributed by atoms with Crippen LogP contribution in [-0.4, -0.2) is 18.2 Å². The van der Waals surface area contributed by atoms with Crippen LogP contribution >= 0.6 is 15.9 Å². The molecule has 1 aliphatic rings. The summed E-state index contributed by atoms with van der Waals surface area (Å²) in [7, 11) is 0. The summed E-state index contributed by atoms with van der Waals surface area (Å²) < 4.78 is 12.0. The van der Waals surface area contributed by atoms with E-state index < -0.39 is 0 Å². The fourth-order valence-corrected chi connectivity index (χ4v) is 2.52. The fraction of sp³-hybridized carbons (Fsp3) is 0.267. The van der Waals surface area contributed by atoms with E-state index >= 15 is 0 Å². The lowest BCUT2D eigenvalue weighted by Crippen LogP contribution is -2.02. The summed E-state index contributed by atoms with van der Waals surface area (Å²) in [5.74, 6) is 1.81. The minimum absolute atomic E-state index is 0.643. The summed E-state index contributed by atoms with van der Waals surface area (Å²) in [6, 6.07) is 10.1. The molecule has 0 fully saturated rings. The number of benzene rings is 1. The third-order valence-electron chi connectivity index (χ3n) is 3.13. The van der Waals surface area contributed by atoms with Gasteiger partial charge in [0.1, 0.15) is 10.4 Å². The predicted octanol–water partition coefficient (Wildman–Crippen LogP) is 3.40. The first-order chi connectivity index (χ1) is 9.33. The molecular weight excluding hydrogens is 306 g/mol. The summed E-state index contributed by atoms with van der Waals surface area (Å²) in [6.07, 6.45) is 3.63.